The van der Waals surface area contributed by atoms with E-state index < -0.39 is 0 Å². The highest BCUT2D eigenvalue weighted by molar-refractivity contribution is 7.16. The molecule has 2 aromatic heterocycles. The van der Waals surface area contributed by atoms with Crippen LogP contribution >= 0.6 is 22.7 Å². The summed E-state index contributed by atoms with van der Waals surface area (Å²) in [6.07, 6.45) is 4.45. The third-order valence-corrected chi connectivity index (χ3v) is 8.02. The fraction of sp³-hybridized carbons (Fsp3) is 0.320. The van der Waals surface area contributed by atoms with E-state index in [2.05, 4.69) is 58.2 Å². The number of hydrogen-bond donors (Lipinski definition) is 0. The van der Waals surface area contributed by atoms with Crippen molar-refractivity contribution in [2.24, 2.45) is 0 Å². The number of rotatable bonds is 5. The fourth-order valence-electron chi connectivity index (χ4n) is 4.37. The van der Waals surface area contributed by atoms with Gasteiger partial charge in [-0.05, 0) is 67.1 Å². The van der Waals surface area contributed by atoms with Crippen LogP contribution in [0, 0.1) is 0 Å². The Morgan fingerprint density at radius 1 is 1.10 bits per heavy atom. The number of benzene rings is 2. The van der Waals surface area contributed by atoms with Crippen LogP contribution in [-0.4, -0.2) is 33.7 Å². The van der Waals surface area contributed by atoms with E-state index in [-0.39, 0.29) is 5.78 Å². The lowest BCUT2D eigenvalue weighted by Gasteiger charge is -2.28. The largest absolute Gasteiger partial charge is 0.300 e. The van der Waals surface area contributed by atoms with Crippen LogP contribution in [0.3, 0.4) is 0 Å². The van der Waals surface area contributed by atoms with E-state index in [0.29, 0.717) is 12.5 Å². The Morgan fingerprint density at radius 2 is 1.94 bits per heavy atom. The van der Waals surface area contributed by atoms with Crippen LogP contribution in [0.25, 0.3) is 20.7 Å². The molecule has 0 radical (unpaired) electrons. The molecule has 4 nitrogen and oxygen atoms in total. The lowest BCUT2D eigenvalue weighted by molar-refractivity contribution is -0.116. The van der Waals surface area contributed by atoms with E-state index in [4.69, 9.17) is 0 Å². The van der Waals surface area contributed by atoms with Gasteiger partial charge in [0.15, 0.2) is 0 Å². The second kappa shape index (κ2) is 8.61. The van der Waals surface area contributed by atoms with E-state index >= 15 is 0 Å². The van der Waals surface area contributed by atoms with Gasteiger partial charge in [0.05, 0.1) is 27.0 Å². The summed E-state index contributed by atoms with van der Waals surface area (Å²) in [5.74, 6) is 0.158. The van der Waals surface area contributed by atoms with Gasteiger partial charge in [0.25, 0.3) is 0 Å². The average molecular weight is 448 g/mol. The molecule has 0 aliphatic carbocycles. The minimum atomic E-state index is 0.158. The third-order valence-electron chi connectivity index (χ3n) is 6.17. The normalized spacial score (nSPS) is 15.5. The van der Waals surface area contributed by atoms with Crippen molar-refractivity contribution in [2.45, 2.75) is 39.2 Å². The topological polar surface area (TPSA) is 46.1 Å². The number of carbonyl (C=O) groups excluding carboxylic acids is 1. The van der Waals surface area contributed by atoms with Crippen LogP contribution < -0.4 is 0 Å². The first kappa shape index (κ1) is 20.5. The summed E-state index contributed by atoms with van der Waals surface area (Å²) in [7, 11) is 0. The van der Waals surface area contributed by atoms with Crippen LogP contribution in [0.5, 0.6) is 0 Å². The van der Waals surface area contributed by atoms with Gasteiger partial charge < -0.3 is 0 Å². The lowest BCUT2D eigenvalue weighted by atomic mass is 10.00. The molecule has 1 aliphatic heterocycles. The highest BCUT2D eigenvalue weighted by Crippen LogP contribution is 2.31. The number of carbonyl (C=O) groups is 1. The molecule has 0 saturated carbocycles. The van der Waals surface area contributed by atoms with E-state index in [1.54, 1.807) is 29.6 Å². The van der Waals surface area contributed by atoms with Crippen molar-refractivity contribution >= 4 is 38.7 Å². The van der Waals surface area contributed by atoms with E-state index in [0.717, 1.165) is 41.3 Å². The Morgan fingerprint density at radius 3 is 2.77 bits per heavy atom. The molecule has 31 heavy (non-hydrogen) atoms. The average Bonchev–Trinajstić information content (AvgIpc) is 3.37. The predicted octanol–water partition coefficient (Wildman–Crippen LogP) is 5.71. The summed E-state index contributed by atoms with van der Waals surface area (Å²) in [5, 5.41) is 0.898. The Bertz CT molecular complexity index is 1240. The maximum Gasteiger partial charge on any atom is 0.136 e. The fourth-order valence-corrected chi connectivity index (χ4v) is 6.01. The maximum absolute atomic E-state index is 11.4. The number of Topliss-reactive ketones (excluding diaryl/α,β-unsaturated/α-hetero) is 1. The lowest BCUT2D eigenvalue weighted by Crippen LogP contribution is -2.29. The number of hydrogen-bond acceptors (Lipinski definition) is 6. The first-order chi connectivity index (χ1) is 15.1. The minimum Gasteiger partial charge on any atom is -0.300 e. The summed E-state index contributed by atoms with van der Waals surface area (Å²) in [6.45, 7) is 6.03. The quantitative estimate of drug-likeness (QED) is 0.393. The monoisotopic (exact) mass is 447 g/mol. The number of thiazole rings is 2. The van der Waals surface area contributed by atoms with Crippen LogP contribution in [0.1, 0.15) is 41.6 Å². The zero-order chi connectivity index (χ0) is 21.4. The van der Waals surface area contributed by atoms with Crippen LogP contribution in [-0.2, 0) is 24.1 Å². The molecule has 0 unspecified atom stereocenters. The predicted molar refractivity (Wildman–Crippen MR) is 129 cm³/mol. The molecule has 1 atom stereocenters. The van der Waals surface area contributed by atoms with Crippen molar-refractivity contribution in [3.63, 3.8) is 0 Å². The van der Waals surface area contributed by atoms with Crippen LogP contribution in [0.4, 0.5) is 0 Å². The van der Waals surface area contributed by atoms with Gasteiger partial charge in [-0.3, -0.25) is 9.69 Å². The van der Waals surface area contributed by atoms with Gasteiger partial charge in [-0.25, -0.2) is 9.97 Å². The molecule has 2 aromatic carbocycles. The van der Waals surface area contributed by atoms with Gasteiger partial charge in [0.1, 0.15) is 10.8 Å². The van der Waals surface area contributed by atoms with Gasteiger partial charge in [-0.1, -0.05) is 18.2 Å². The van der Waals surface area contributed by atoms with E-state index in [1.165, 1.54) is 27.0 Å². The van der Waals surface area contributed by atoms with Gasteiger partial charge in [0.2, 0.25) is 0 Å². The smallest absolute Gasteiger partial charge is 0.136 e. The second-order valence-electron chi connectivity index (χ2n) is 8.27. The van der Waals surface area contributed by atoms with Crippen molar-refractivity contribution in [1.29, 1.82) is 0 Å². The Hall–Kier alpha value is -2.41. The summed E-state index contributed by atoms with van der Waals surface area (Å²) < 4.78 is 1.25. The van der Waals surface area contributed by atoms with Gasteiger partial charge >= 0.3 is 0 Å². The Labute approximate surface area is 190 Å². The summed E-state index contributed by atoms with van der Waals surface area (Å²) in [5.41, 5.74) is 8.46. The van der Waals surface area contributed by atoms with Gasteiger partial charge in [0, 0.05) is 25.3 Å². The number of fused-ring (bicyclic) bond motifs is 2. The highest BCUT2D eigenvalue weighted by atomic mass is 32.1. The molecule has 158 valence electrons. The molecular weight excluding hydrogens is 422 g/mol. The zero-order valence-corrected chi connectivity index (χ0v) is 19.4. The molecule has 0 fully saturated rings. The molecule has 0 N–H and O–H groups in total. The standard InChI is InChI=1S/C25H25N3OS2/c1-16(29)11-25-26-14-24(31-25)21-4-3-18-7-9-28(10-8-20(18)12-21)17(2)19-5-6-23-22(13-19)27-15-30-23/h3-6,12-15,17H,7-11H2,1-2H3/t17-/m0/s1. The first-order valence-corrected chi connectivity index (χ1v) is 12.4. The zero-order valence-electron chi connectivity index (χ0n) is 17.8. The molecule has 0 saturated heterocycles. The van der Waals surface area contributed by atoms with Crippen molar-refractivity contribution in [3.05, 3.63) is 69.8 Å². The number of nitrogens with zero attached hydrogens (tertiary/aromatic N) is 3. The van der Waals surface area contributed by atoms with E-state index in [1.807, 2.05) is 11.7 Å². The number of aromatic nitrogens is 2. The van der Waals surface area contributed by atoms with Crippen molar-refractivity contribution < 1.29 is 4.79 Å². The van der Waals surface area contributed by atoms with Crippen LogP contribution in [0.2, 0.25) is 0 Å². The van der Waals surface area contributed by atoms with Crippen LogP contribution in [0.15, 0.2) is 48.1 Å². The maximum atomic E-state index is 11.4. The summed E-state index contributed by atoms with van der Waals surface area (Å²) >= 11 is 3.32. The third kappa shape index (κ3) is 4.33. The molecule has 0 spiro atoms. The number of ketones is 1. The molecule has 6 heteroatoms. The molecule has 0 bridgehead atoms. The molecule has 1 aliphatic rings. The minimum absolute atomic E-state index is 0.158. The molecule has 5 rings (SSSR count). The van der Waals surface area contributed by atoms with Crippen molar-refractivity contribution in [3.8, 4) is 10.4 Å². The summed E-state index contributed by atoms with van der Waals surface area (Å²) in [4.78, 5) is 24.0. The van der Waals surface area contributed by atoms with E-state index in [9.17, 15) is 4.79 Å². The van der Waals surface area contributed by atoms with Crippen molar-refractivity contribution in [2.75, 3.05) is 13.1 Å². The molecule has 4 aromatic rings. The Balaban J connectivity index is 1.33. The SMILES string of the molecule is CC(=O)Cc1ncc(-c2ccc3c(c2)CCN([C@@H](C)c2ccc4scnc4c2)CC3)s1. The highest BCUT2D eigenvalue weighted by Gasteiger charge is 2.21. The molecular formula is C25H25N3OS2. The molecule has 0 amide bonds. The van der Waals surface area contributed by atoms with Crippen molar-refractivity contribution in [1.82, 2.24) is 14.9 Å². The first-order valence-electron chi connectivity index (χ1n) is 10.7. The van der Waals surface area contributed by atoms with Gasteiger partial charge in [-0.2, -0.15) is 0 Å². The molecule has 3 heterocycles. The summed E-state index contributed by atoms with van der Waals surface area (Å²) in [6, 6.07) is 13.9. The van der Waals surface area contributed by atoms with Gasteiger partial charge in [-0.15, -0.1) is 22.7 Å². The second-order valence-corrected chi connectivity index (χ2v) is 10.3. The Kier molecular flexibility index (Phi) is 5.69.